The van der Waals surface area contributed by atoms with E-state index in [0.29, 0.717) is 12.0 Å². The van der Waals surface area contributed by atoms with Gasteiger partial charge >= 0.3 is 0 Å². The Hall–Kier alpha value is -2.10. The molecule has 1 aromatic heterocycles. The lowest BCUT2D eigenvalue weighted by Gasteiger charge is -2.24. The van der Waals surface area contributed by atoms with Crippen molar-refractivity contribution in [3.8, 4) is 0 Å². The van der Waals surface area contributed by atoms with Gasteiger partial charge in [0.2, 0.25) is 0 Å². The number of benzene rings is 2. The van der Waals surface area contributed by atoms with Crippen LogP contribution in [-0.2, 0) is 0 Å². The summed E-state index contributed by atoms with van der Waals surface area (Å²) < 4.78 is 2.62. The lowest BCUT2D eigenvalue weighted by Crippen LogP contribution is -2.22. The summed E-state index contributed by atoms with van der Waals surface area (Å²) in [6.45, 7) is 5.40. The second-order valence-electron chi connectivity index (χ2n) is 9.26. The molecule has 3 nitrogen and oxygen atoms in total. The van der Waals surface area contributed by atoms with Gasteiger partial charge in [-0.15, -0.1) is 0 Å². The highest BCUT2D eigenvalue weighted by Crippen LogP contribution is 2.38. The van der Waals surface area contributed by atoms with Crippen LogP contribution in [-0.4, -0.2) is 31.2 Å². The van der Waals surface area contributed by atoms with Crippen molar-refractivity contribution in [3.05, 3.63) is 71.4 Å². The van der Waals surface area contributed by atoms with Gasteiger partial charge in [-0.1, -0.05) is 67.3 Å². The number of aryl methyl sites for hydroxylation is 1. The third-order valence-corrected chi connectivity index (χ3v) is 6.95. The van der Waals surface area contributed by atoms with E-state index >= 15 is 0 Å². The first-order valence-corrected chi connectivity index (χ1v) is 12.3. The molecule has 31 heavy (non-hydrogen) atoms. The minimum atomic E-state index is 0.423. The number of aromatic nitrogens is 1. The standard InChI is InChI=1S/C28H39N3/c1-22-10-8-11-23(20-22)25(16-19-30-18-9-17-29-2)27-21-31(24-12-4-3-5-13-24)28-15-7-6-14-26(27)28/h6-8,10-11,14-15,20-21,24-25,29-30H,3-5,9,12-13,16-19H2,1-2H3. The summed E-state index contributed by atoms with van der Waals surface area (Å²) in [5.41, 5.74) is 5.72. The maximum absolute atomic E-state index is 3.68. The van der Waals surface area contributed by atoms with Crippen molar-refractivity contribution in [3.63, 3.8) is 0 Å². The first-order valence-electron chi connectivity index (χ1n) is 12.3. The average molecular weight is 418 g/mol. The molecule has 0 amide bonds. The van der Waals surface area contributed by atoms with E-state index in [4.69, 9.17) is 0 Å². The molecule has 166 valence electrons. The Morgan fingerprint density at radius 1 is 0.968 bits per heavy atom. The fourth-order valence-corrected chi connectivity index (χ4v) is 5.32. The zero-order valence-electron chi connectivity index (χ0n) is 19.4. The number of hydrogen-bond acceptors (Lipinski definition) is 2. The monoisotopic (exact) mass is 417 g/mol. The molecule has 1 atom stereocenters. The van der Waals surface area contributed by atoms with Crippen LogP contribution in [0.4, 0.5) is 0 Å². The van der Waals surface area contributed by atoms with Crippen LogP contribution in [0, 0.1) is 6.92 Å². The lowest BCUT2D eigenvalue weighted by molar-refractivity contribution is 0.360. The van der Waals surface area contributed by atoms with Crippen molar-refractivity contribution in [1.82, 2.24) is 15.2 Å². The first kappa shape index (κ1) is 22.1. The van der Waals surface area contributed by atoms with Gasteiger partial charge in [0.1, 0.15) is 0 Å². The summed E-state index contributed by atoms with van der Waals surface area (Å²) >= 11 is 0. The van der Waals surface area contributed by atoms with Crippen molar-refractivity contribution >= 4 is 10.9 Å². The van der Waals surface area contributed by atoms with Crippen LogP contribution in [0.2, 0.25) is 0 Å². The smallest absolute Gasteiger partial charge is 0.0485 e. The molecule has 3 heteroatoms. The van der Waals surface area contributed by atoms with Crippen molar-refractivity contribution in [2.24, 2.45) is 0 Å². The second kappa shape index (κ2) is 11.0. The number of nitrogens with zero attached hydrogens (tertiary/aromatic N) is 1. The van der Waals surface area contributed by atoms with E-state index in [9.17, 15) is 0 Å². The molecule has 3 aromatic rings. The Morgan fingerprint density at radius 2 is 1.81 bits per heavy atom. The molecule has 0 radical (unpaired) electrons. The number of hydrogen-bond donors (Lipinski definition) is 2. The molecule has 1 aliphatic rings. The first-order chi connectivity index (χ1) is 15.3. The molecule has 0 aliphatic heterocycles. The van der Waals surface area contributed by atoms with E-state index < -0.39 is 0 Å². The largest absolute Gasteiger partial charge is 0.344 e. The second-order valence-corrected chi connectivity index (χ2v) is 9.26. The Kier molecular flexibility index (Phi) is 7.82. The van der Waals surface area contributed by atoms with Crippen LogP contribution in [0.3, 0.4) is 0 Å². The third kappa shape index (κ3) is 5.39. The summed E-state index contributed by atoms with van der Waals surface area (Å²) in [6, 6.07) is 18.9. The van der Waals surface area contributed by atoms with Crippen molar-refractivity contribution in [2.45, 2.75) is 63.8 Å². The Bertz CT molecular complexity index is 952. The van der Waals surface area contributed by atoms with Gasteiger partial charge in [-0.05, 0) is 76.5 Å². The molecule has 1 fully saturated rings. The van der Waals surface area contributed by atoms with Crippen LogP contribution >= 0.6 is 0 Å². The van der Waals surface area contributed by atoms with E-state index in [0.717, 1.165) is 26.1 Å². The van der Waals surface area contributed by atoms with Crippen LogP contribution in [0.15, 0.2) is 54.7 Å². The Labute approximate surface area is 188 Å². The fraction of sp³-hybridized carbons (Fsp3) is 0.500. The van der Waals surface area contributed by atoms with Gasteiger partial charge in [-0.3, -0.25) is 0 Å². The molecule has 2 N–H and O–H groups in total. The van der Waals surface area contributed by atoms with E-state index in [2.05, 4.69) is 76.9 Å². The van der Waals surface area contributed by atoms with Gasteiger partial charge in [0.25, 0.3) is 0 Å². The number of fused-ring (bicyclic) bond motifs is 1. The highest BCUT2D eigenvalue weighted by molar-refractivity contribution is 5.85. The maximum atomic E-state index is 3.68. The average Bonchev–Trinajstić information content (AvgIpc) is 3.19. The topological polar surface area (TPSA) is 29.0 Å². The van der Waals surface area contributed by atoms with E-state index in [-0.39, 0.29) is 0 Å². The summed E-state index contributed by atoms with van der Waals surface area (Å²) in [5, 5.41) is 8.35. The van der Waals surface area contributed by atoms with Gasteiger partial charge < -0.3 is 15.2 Å². The van der Waals surface area contributed by atoms with Gasteiger partial charge in [-0.25, -0.2) is 0 Å². The third-order valence-electron chi connectivity index (χ3n) is 6.95. The molecule has 2 aromatic carbocycles. The molecule has 0 bridgehead atoms. The van der Waals surface area contributed by atoms with Gasteiger partial charge in [0, 0.05) is 29.1 Å². The Morgan fingerprint density at radius 3 is 2.61 bits per heavy atom. The SMILES string of the molecule is CNCCCNCCC(c1cccc(C)c1)c1cn(C2CCCCC2)c2ccccc12. The summed E-state index contributed by atoms with van der Waals surface area (Å²) in [5.74, 6) is 0.423. The molecule has 1 aliphatic carbocycles. The molecule has 1 saturated carbocycles. The zero-order chi connectivity index (χ0) is 21.5. The lowest BCUT2D eigenvalue weighted by atomic mass is 9.87. The highest BCUT2D eigenvalue weighted by Gasteiger charge is 2.23. The van der Waals surface area contributed by atoms with E-state index in [1.807, 2.05) is 7.05 Å². The summed E-state index contributed by atoms with van der Waals surface area (Å²) in [4.78, 5) is 0. The Balaban J connectivity index is 1.65. The molecule has 1 unspecified atom stereocenters. The van der Waals surface area contributed by atoms with E-state index in [1.165, 1.54) is 66.1 Å². The maximum Gasteiger partial charge on any atom is 0.0485 e. The molecule has 0 saturated heterocycles. The molecule has 1 heterocycles. The number of nitrogens with one attached hydrogen (secondary N) is 2. The molecule has 0 spiro atoms. The molecular formula is C28H39N3. The summed E-state index contributed by atoms with van der Waals surface area (Å²) in [7, 11) is 2.02. The molecular weight excluding hydrogens is 378 g/mol. The number of para-hydroxylation sites is 1. The van der Waals surface area contributed by atoms with Crippen molar-refractivity contribution in [2.75, 3.05) is 26.7 Å². The van der Waals surface area contributed by atoms with Crippen molar-refractivity contribution < 1.29 is 0 Å². The van der Waals surface area contributed by atoms with Crippen LogP contribution in [0.1, 0.15) is 73.6 Å². The molecule has 4 rings (SSSR count). The predicted molar refractivity (Wildman–Crippen MR) is 133 cm³/mol. The normalized spacial score (nSPS) is 16.1. The minimum absolute atomic E-state index is 0.423. The fourth-order valence-electron chi connectivity index (χ4n) is 5.32. The van der Waals surface area contributed by atoms with Gasteiger partial charge in [0.15, 0.2) is 0 Å². The minimum Gasteiger partial charge on any atom is -0.344 e. The highest BCUT2D eigenvalue weighted by atomic mass is 15.0. The van der Waals surface area contributed by atoms with Gasteiger partial charge in [0.05, 0.1) is 0 Å². The zero-order valence-corrected chi connectivity index (χ0v) is 19.4. The quantitative estimate of drug-likeness (QED) is 0.386. The summed E-state index contributed by atoms with van der Waals surface area (Å²) in [6.07, 6.45) is 11.6. The van der Waals surface area contributed by atoms with E-state index in [1.54, 1.807) is 0 Å². The van der Waals surface area contributed by atoms with Gasteiger partial charge in [-0.2, -0.15) is 0 Å². The van der Waals surface area contributed by atoms with Crippen LogP contribution < -0.4 is 10.6 Å². The van der Waals surface area contributed by atoms with Crippen LogP contribution in [0.5, 0.6) is 0 Å². The van der Waals surface area contributed by atoms with Crippen molar-refractivity contribution in [1.29, 1.82) is 0 Å². The van der Waals surface area contributed by atoms with Crippen LogP contribution in [0.25, 0.3) is 10.9 Å². The number of rotatable bonds is 10. The predicted octanol–water partition coefficient (Wildman–Crippen LogP) is 6.18.